The van der Waals surface area contributed by atoms with Crippen molar-refractivity contribution in [3.63, 3.8) is 0 Å². The Morgan fingerprint density at radius 3 is 0.696 bits per heavy atom. The van der Waals surface area contributed by atoms with Crippen LogP contribution in [0.5, 0.6) is 86.2 Å². The number of fused-ring (bicyclic) bond motifs is 3. The van der Waals surface area contributed by atoms with Crippen molar-refractivity contribution in [3.8, 4) is 120 Å². The SMILES string of the molecule is O=c1c(OS(=O)(=O)[O-])c(-c2ccc(OS(=O)(=O)O)c(OS(=O)(=O)[O-])c2)oc2cc(OS(=O)(=O)O)cc(OCCOc3cc(-c4oc5cc(OS(=O)(=O)[O-])cc(OCCOc6cc(OS(=O)(=O)[O-])cc7oc(-c8ccc(OS(=O)(=O)[O-])c(OS(=O)(=O)[O-])c8)c(OS(=O)(=O)[O-])c(=O)c67)c5c(=O)c4OS(=O)(=O)[O-])ccc3OS(=O)(=O)[O-])c12.[H-].[Na+].[Na+].[Na+].[Na+].[Na+].[Na+].[Na+].[Na+].[Na+].[Na+].[Na+]. The Kier molecular flexibility index (Phi) is 52.0. The van der Waals surface area contributed by atoms with Gasteiger partial charge in [-0.25, -0.2) is 75.8 Å². The summed E-state index contributed by atoms with van der Waals surface area (Å²) in [6.45, 7) is -4.83. The maximum Gasteiger partial charge on any atom is 1.00 e. The largest absolute Gasteiger partial charge is 1.00 e. The van der Waals surface area contributed by atoms with Gasteiger partial charge >= 0.3 is 346 Å². The number of rotatable bonds is 35. The van der Waals surface area contributed by atoms with Gasteiger partial charge in [-0.15, -0.1) is 0 Å². The third-order valence-corrected chi connectivity index (χ3v) is 16.8. The van der Waals surface area contributed by atoms with Crippen LogP contribution < -0.4 is 406 Å². The number of benzene rings is 6. The van der Waals surface area contributed by atoms with Crippen molar-refractivity contribution < 1.29 is 547 Å². The number of hydrogen-bond donors (Lipinski definition) is 2. The van der Waals surface area contributed by atoms with Crippen LogP contribution in [-0.2, 0) is 114 Å². The molecule has 76 heteroatoms. The maximum absolute atomic E-state index is 14.6. The van der Waals surface area contributed by atoms with E-state index in [2.05, 4.69) is 46.0 Å². The van der Waals surface area contributed by atoms with E-state index in [0.717, 1.165) is 0 Å². The Balaban J connectivity index is -0.00000620. The Morgan fingerprint density at radius 2 is 0.456 bits per heavy atom. The van der Waals surface area contributed by atoms with Crippen molar-refractivity contribution in [2.24, 2.45) is 0 Å². The average Bonchev–Trinajstić information content (AvgIpc) is 0.758. The first kappa shape index (κ1) is 129. The Hall–Kier alpha value is -0.0400. The Bertz CT molecular complexity index is 7100. The molecule has 0 spiro atoms. The van der Waals surface area contributed by atoms with E-state index in [4.69, 9.17) is 32.2 Å². The number of ether oxygens (including phenoxy) is 4. The van der Waals surface area contributed by atoms with E-state index in [-0.39, 0.29) is 339 Å². The molecule has 54 nitrogen and oxygen atoms in total. The predicted octanol–water partition coefficient (Wildman–Crippen LogP) is -35.0. The van der Waals surface area contributed by atoms with Gasteiger partial charge in [0.05, 0.1) is 0 Å². The summed E-state index contributed by atoms with van der Waals surface area (Å²) in [5, 5.41) is -3.56. The standard InChI is InChI=1S/C49H34O54S11.11Na.H/c50-41-39-33(88-9-10-89-34-16-25(95-106(59,60)61)19-37-40(34)43(52)49(103-114(83,84)85)46(92-37)22-3-6-28(98-109(68,69)70)31(13-22)100-111(74,75)76)15-24(94-105(56,57)58)17-35(39)90-44(47(41)101-112(77,78)79)20-1-4-26(96-107(62,63)64)29(11-20)86-7-8-87-32-14-23(93-104(53,54)55)18-36-38(32)42(51)48(102-113(80,81)82)45(91-36)21-2-5-27(97-108(65,66)67)30(12-21)99-110(71,72)73;;;;;;;;;;;;/h1-6,11-19H,7-10H2,(H,53,54,55)(H,56,57,58)(H,59,60,61)(H,62,63,64)(H,65,66,67)(H,68,69,70)(H,71,72,73)(H,74,75,76)(H,77,78,79)(H,80,81,82)(H,83,84,85);;;;;;;;;;;;/q;11*+1;-1/p-9. The fourth-order valence-electron chi connectivity index (χ4n) is 9.23. The second-order valence-corrected chi connectivity index (χ2v) is 31.4. The van der Waals surface area contributed by atoms with Crippen molar-refractivity contribution in [2.45, 2.75) is 0 Å². The molecule has 0 amide bonds. The van der Waals surface area contributed by atoms with Gasteiger partial charge in [0.2, 0.25) is 33.5 Å². The molecule has 0 saturated heterocycles. The zero-order valence-corrected chi connectivity index (χ0v) is 95.1. The van der Waals surface area contributed by atoms with E-state index in [1.807, 2.05) is 0 Å². The van der Waals surface area contributed by atoms with Crippen LogP contribution in [0.1, 0.15) is 1.43 Å². The average molecular weight is 2080 g/mol. The van der Waals surface area contributed by atoms with E-state index in [9.17, 15) is 157 Å². The first-order valence-electron chi connectivity index (χ1n) is 27.6. The molecule has 0 atom stereocenters. The van der Waals surface area contributed by atoms with E-state index >= 15 is 0 Å². The molecule has 2 N–H and O–H groups in total. The molecule has 0 fully saturated rings. The molecule has 0 aliphatic heterocycles. The zero-order chi connectivity index (χ0) is 85.0. The van der Waals surface area contributed by atoms with E-state index in [1.54, 1.807) is 0 Å². The number of hydrogen-bond acceptors (Lipinski definition) is 52. The molecule has 9 rings (SSSR count). The molecule has 0 aliphatic carbocycles. The predicted molar refractivity (Wildman–Crippen MR) is 344 cm³/mol. The van der Waals surface area contributed by atoms with Gasteiger partial charge in [0.25, 0.3) is 93.6 Å². The molecule has 125 heavy (non-hydrogen) atoms. The fraction of sp³-hybridized carbons (Fsp3) is 0.0816. The molecule has 6 aromatic carbocycles. The minimum Gasteiger partial charge on any atom is -1.00 e. The second-order valence-electron chi connectivity index (χ2n) is 20.5. The first-order valence-corrected chi connectivity index (χ1v) is 42.3. The molecular formula is C49H26Na11O54S11+. The van der Waals surface area contributed by atoms with Crippen LogP contribution in [-0.4, -0.2) is 169 Å². The fourth-order valence-corrected chi connectivity index (χ4v) is 13.1. The third-order valence-electron chi connectivity index (χ3n) is 12.6. The van der Waals surface area contributed by atoms with Crippen molar-refractivity contribution in [1.29, 1.82) is 0 Å². The van der Waals surface area contributed by atoms with E-state index in [0.29, 0.717) is 78.9 Å². The molecule has 3 aromatic heterocycles. The van der Waals surface area contributed by atoms with Crippen LogP contribution in [0, 0.1) is 0 Å². The van der Waals surface area contributed by atoms with Crippen LogP contribution >= 0.6 is 0 Å². The summed E-state index contributed by atoms with van der Waals surface area (Å²) in [5.74, 6) is -24.7. The summed E-state index contributed by atoms with van der Waals surface area (Å²) in [6, 6.07) is 5.53. The van der Waals surface area contributed by atoms with Crippen molar-refractivity contribution in [1.82, 2.24) is 0 Å². The molecule has 0 radical (unpaired) electrons. The van der Waals surface area contributed by atoms with Gasteiger partial charge in [0.1, 0.15) is 88.1 Å². The minimum absolute atomic E-state index is 0. The van der Waals surface area contributed by atoms with Crippen molar-refractivity contribution in [2.75, 3.05) is 26.4 Å². The molecule has 0 aliphatic rings. The molecule has 9 aromatic rings. The molecule has 0 unspecified atom stereocenters. The quantitative estimate of drug-likeness (QED) is 0.0161. The molecule has 0 bridgehead atoms. The monoisotopic (exact) mass is 2080 g/mol. The van der Waals surface area contributed by atoms with E-state index < -0.39 is 310 Å². The summed E-state index contributed by atoms with van der Waals surface area (Å²) in [4.78, 5) is 43.1. The topological polar surface area (TPSA) is 853 Å². The normalized spacial score (nSPS) is 11.7. The van der Waals surface area contributed by atoms with Crippen molar-refractivity contribution >= 4 is 147 Å². The maximum atomic E-state index is 14.6. The van der Waals surface area contributed by atoms with Gasteiger partial charge < -0.3 is 121 Å². The molecular weight excluding hydrogens is 2060 g/mol. The smallest absolute Gasteiger partial charge is 1.00 e. The van der Waals surface area contributed by atoms with Gasteiger partial charge in [0, 0.05) is 53.1 Å². The van der Waals surface area contributed by atoms with Gasteiger partial charge in [-0.1, -0.05) is 0 Å². The first-order chi connectivity index (χ1) is 52.0. The summed E-state index contributed by atoms with van der Waals surface area (Å²) in [5.41, 5.74) is -12.0. The minimum atomic E-state index is -6.29. The summed E-state index contributed by atoms with van der Waals surface area (Å²) in [6.07, 6.45) is 0. The van der Waals surface area contributed by atoms with Crippen LogP contribution in [0.15, 0.2) is 119 Å². The summed E-state index contributed by atoms with van der Waals surface area (Å²) >= 11 is 0. The molecule has 3 heterocycles. The van der Waals surface area contributed by atoms with Crippen molar-refractivity contribution in [3.05, 3.63) is 122 Å². The summed E-state index contributed by atoms with van der Waals surface area (Å²) in [7, 11) is -65.6. The third kappa shape index (κ3) is 39.5. The van der Waals surface area contributed by atoms with Gasteiger partial charge in [0.15, 0.2) is 57.5 Å². The molecule has 622 valence electrons. The zero-order valence-electron chi connectivity index (χ0n) is 65.1. The van der Waals surface area contributed by atoms with Crippen LogP contribution in [0.3, 0.4) is 0 Å². The van der Waals surface area contributed by atoms with Crippen LogP contribution in [0.4, 0.5) is 0 Å². The van der Waals surface area contributed by atoms with Crippen LogP contribution in [0.2, 0.25) is 0 Å². The Labute approximate surface area is 946 Å². The van der Waals surface area contributed by atoms with Gasteiger partial charge in [-0.3, -0.25) is 23.5 Å². The summed E-state index contributed by atoms with van der Waals surface area (Å²) < 4.78 is 471. The second kappa shape index (κ2) is 50.3. The Morgan fingerprint density at radius 1 is 0.248 bits per heavy atom. The molecule has 0 saturated carbocycles. The van der Waals surface area contributed by atoms with Gasteiger partial charge in [-0.05, 0) is 54.6 Å². The van der Waals surface area contributed by atoms with E-state index in [1.165, 1.54) is 0 Å². The van der Waals surface area contributed by atoms with Gasteiger partial charge in [-0.2, -0.15) is 16.8 Å². The van der Waals surface area contributed by atoms with Crippen LogP contribution in [0.25, 0.3) is 66.9 Å².